The number of nitrogens with zero attached hydrogens (tertiary/aromatic N) is 4. The molecule has 0 aliphatic rings. The van der Waals surface area contributed by atoms with E-state index < -0.39 is 7.12 Å². The quantitative estimate of drug-likeness (QED) is 0.301. The molecule has 0 radical (unpaired) electrons. The highest BCUT2D eigenvalue weighted by Gasteiger charge is 2.08. The van der Waals surface area contributed by atoms with Gasteiger partial charge in [0, 0.05) is 14.5 Å². The Hall–Kier alpha value is -1.02. The molecule has 2 heterocycles. The molecule has 2 N–H and O–H groups in total. The molecule has 2 aromatic heterocycles. The Morgan fingerprint density at radius 3 is 1.57 bits per heavy atom. The molecule has 0 aliphatic carbocycles. The van der Waals surface area contributed by atoms with Gasteiger partial charge in [-0.2, -0.15) is 0 Å². The number of halogens is 3. The van der Waals surface area contributed by atoms with E-state index in [9.17, 15) is 0 Å². The summed E-state index contributed by atoms with van der Waals surface area (Å²) < 4.78 is 2.86. The first kappa shape index (κ1) is 25.2. The van der Waals surface area contributed by atoms with E-state index in [0.29, 0.717) is 5.46 Å². The summed E-state index contributed by atoms with van der Waals surface area (Å²) in [6, 6.07) is 14.9. The van der Waals surface area contributed by atoms with Gasteiger partial charge in [-0.15, -0.1) is 20.4 Å². The van der Waals surface area contributed by atoms with E-state index >= 15 is 0 Å². The summed E-state index contributed by atoms with van der Waals surface area (Å²) in [5, 5.41) is 35.8. The van der Waals surface area contributed by atoms with Crippen LogP contribution in [0.4, 0.5) is 0 Å². The number of aromatic nitrogens is 4. The molecule has 0 unspecified atom stereocenters. The number of hydrogen-bond acceptors (Lipinski definition) is 8. The highest BCUT2D eigenvalue weighted by molar-refractivity contribution is 9.11. The summed E-state index contributed by atoms with van der Waals surface area (Å²) in [5.41, 5.74) is 1.62. The van der Waals surface area contributed by atoms with Gasteiger partial charge in [-0.1, -0.05) is 78.8 Å². The van der Waals surface area contributed by atoms with Crippen molar-refractivity contribution in [3.8, 4) is 10.6 Å². The van der Waals surface area contributed by atoms with Gasteiger partial charge in [0.15, 0.2) is 3.92 Å². The summed E-state index contributed by atoms with van der Waals surface area (Å²) in [5.74, 6) is 0. The lowest BCUT2D eigenvalue weighted by atomic mass is 9.81. The molecule has 2 aromatic carbocycles. The average molecular weight is 635 g/mol. The molecular weight excluding hydrogens is 619 g/mol. The van der Waals surface area contributed by atoms with Crippen molar-refractivity contribution in [2.75, 3.05) is 0 Å². The smallest absolute Gasteiger partial charge is 0.423 e. The molecular formula is C18H16BBr3N4O2S2. The predicted molar refractivity (Wildman–Crippen MR) is 134 cm³/mol. The zero-order chi connectivity index (χ0) is 22.1. The van der Waals surface area contributed by atoms with Crippen molar-refractivity contribution in [1.82, 2.24) is 20.4 Å². The SMILES string of the molecule is Cc1nnc(-c2ccc(Br)cc2)s1.Cc1nnc(Br)s1.OB(O)c1ccc(Br)cc1. The second-order valence-corrected chi connectivity index (χ2v) is 11.1. The fourth-order valence-corrected chi connectivity index (χ4v) is 4.33. The first-order valence-corrected chi connectivity index (χ1v) is 12.4. The minimum Gasteiger partial charge on any atom is -0.423 e. The van der Waals surface area contributed by atoms with Gasteiger partial charge in [0.25, 0.3) is 0 Å². The van der Waals surface area contributed by atoms with Gasteiger partial charge in [0.05, 0.1) is 0 Å². The Bertz CT molecular complexity index is 1030. The summed E-state index contributed by atoms with van der Waals surface area (Å²) in [4.78, 5) is 0. The van der Waals surface area contributed by atoms with E-state index in [1.54, 1.807) is 35.6 Å². The molecule has 12 heteroatoms. The van der Waals surface area contributed by atoms with Crippen LogP contribution < -0.4 is 5.46 Å². The molecule has 0 saturated heterocycles. The van der Waals surface area contributed by atoms with Gasteiger partial charge in [-0.3, -0.25) is 0 Å². The van der Waals surface area contributed by atoms with Crippen LogP contribution in [-0.4, -0.2) is 37.6 Å². The maximum atomic E-state index is 8.65. The van der Waals surface area contributed by atoms with E-state index in [1.165, 1.54) is 11.3 Å². The summed E-state index contributed by atoms with van der Waals surface area (Å²) in [6.45, 7) is 3.88. The molecule has 0 saturated carbocycles. The third-order valence-corrected chi connectivity index (χ3v) is 6.50. The van der Waals surface area contributed by atoms with Crippen LogP contribution in [0.5, 0.6) is 0 Å². The molecule has 0 spiro atoms. The Balaban J connectivity index is 0.000000168. The lowest BCUT2D eigenvalue weighted by molar-refractivity contribution is 0.426. The maximum Gasteiger partial charge on any atom is 0.488 e. The largest absolute Gasteiger partial charge is 0.488 e. The zero-order valence-corrected chi connectivity index (χ0v) is 22.2. The highest BCUT2D eigenvalue weighted by atomic mass is 79.9. The topological polar surface area (TPSA) is 92.0 Å². The van der Waals surface area contributed by atoms with Crippen LogP contribution >= 0.6 is 70.5 Å². The third-order valence-electron chi connectivity index (χ3n) is 3.29. The number of aryl methyl sites for hydroxylation is 2. The monoisotopic (exact) mass is 632 g/mol. The Kier molecular flexibility index (Phi) is 10.7. The number of rotatable bonds is 2. The van der Waals surface area contributed by atoms with Crippen molar-refractivity contribution >= 4 is 83.0 Å². The van der Waals surface area contributed by atoms with Crippen LogP contribution in [0.1, 0.15) is 10.0 Å². The lowest BCUT2D eigenvalue weighted by Crippen LogP contribution is -2.29. The molecule has 4 aromatic rings. The van der Waals surface area contributed by atoms with E-state index in [4.69, 9.17) is 10.0 Å². The van der Waals surface area contributed by atoms with Crippen molar-refractivity contribution in [3.05, 3.63) is 71.4 Å². The maximum absolute atomic E-state index is 8.65. The predicted octanol–water partition coefficient (Wildman–Crippen LogP) is 5.01. The van der Waals surface area contributed by atoms with E-state index in [2.05, 4.69) is 68.2 Å². The van der Waals surface area contributed by atoms with Crippen LogP contribution in [0.3, 0.4) is 0 Å². The van der Waals surface area contributed by atoms with Crippen molar-refractivity contribution in [3.63, 3.8) is 0 Å². The molecule has 0 atom stereocenters. The van der Waals surface area contributed by atoms with Crippen molar-refractivity contribution in [1.29, 1.82) is 0 Å². The molecule has 0 amide bonds. The Morgan fingerprint density at radius 2 is 1.20 bits per heavy atom. The molecule has 30 heavy (non-hydrogen) atoms. The minimum atomic E-state index is -1.37. The van der Waals surface area contributed by atoms with Crippen molar-refractivity contribution < 1.29 is 10.0 Å². The zero-order valence-electron chi connectivity index (χ0n) is 15.8. The first-order valence-electron chi connectivity index (χ1n) is 8.38. The normalized spacial score (nSPS) is 9.83. The van der Waals surface area contributed by atoms with Gasteiger partial charge in [0.1, 0.15) is 15.0 Å². The summed E-state index contributed by atoms with van der Waals surface area (Å²) in [6.07, 6.45) is 0. The van der Waals surface area contributed by atoms with E-state index in [0.717, 1.165) is 33.4 Å². The highest BCUT2D eigenvalue weighted by Crippen LogP contribution is 2.24. The van der Waals surface area contributed by atoms with E-state index in [-0.39, 0.29) is 0 Å². The second kappa shape index (κ2) is 12.7. The standard InChI is InChI=1S/C9H7BrN2S.C6H6BBrO2.C3H3BrN2S/c1-6-11-12-9(13-6)7-2-4-8(10)5-3-7;8-6-3-1-5(2-4-6)7(9)10;1-2-5-6-3(4)7-2/h2-5H,1H3;1-4,9-10H;1H3. The number of benzene rings is 2. The Labute approximate surface area is 208 Å². The lowest BCUT2D eigenvalue weighted by Gasteiger charge is -1.96. The van der Waals surface area contributed by atoms with Crippen molar-refractivity contribution in [2.45, 2.75) is 13.8 Å². The van der Waals surface area contributed by atoms with Crippen molar-refractivity contribution in [2.24, 2.45) is 0 Å². The van der Waals surface area contributed by atoms with Crippen LogP contribution in [-0.2, 0) is 0 Å². The molecule has 6 nitrogen and oxygen atoms in total. The molecule has 4 rings (SSSR count). The average Bonchev–Trinajstić information content (AvgIpc) is 3.31. The number of hydrogen-bond donors (Lipinski definition) is 2. The minimum absolute atomic E-state index is 0.503. The van der Waals surface area contributed by atoms with Crippen LogP contribution in [0, 0.1) is 13.8 Å². The van der Waals surface area contributed by atoms with Gasteiger partial charge in [0.2, 0.25) is 0 Å². The summed E-state index contributed by atoms with van der Waals surface area (Å²) >= 11 is 12.9. The molecule has 0 bridgehead atoms. The van der Waals surface area contributed by atoms with Gasteiger partial charge in [-0.05, 0) is 59.5 Å². The molecule has 156 valence electrons. The second-order valence-electron chi connectivity index (χ2n) is 5.63. The fraction of sp³-hybridized carbons (Fsp3) is 0.111. The Morgan fingerprint density at radius 1 is 0.700 bits per heavy atom. The molecule has 0 aliphatic heterocycles. The molecule has 0 fully saturated rings. The third kappa shape index (κ3) is 9.00. The fourth-order valence-electron chi connectivity index (χ4n) is 1.91. The van der Waals surface area contributed by atoms with E-state index in [1.807, 2.05) is 38.1 Å². The first-order chi connectivity index (χ1) is 14.2. The van der Waals surface area contributed by atoms with Crippen LogP contribution in [0.25, 0.3) is 10.6 Å². The summed E-state index contributed by atoms with van der Waals surface area (Å²) in [7, 11) is -1.37. The van der Waals surface area contributed by atoms with Gasteiger partial charge < -0.3 is 10.0 Å². The van der Waals surface area contributed by atoms with Gasteiger partial charge >= 0.3 is 7.12 Å². The van der Waals surface area contributed by atoms with Crippen LogP contribution in [0.15, 0.2) is 61.4 Å². The van der Waals surface area contributed by atoms with Gasteiger partial charge in [-0.25, -0.2) is 0 Å². The van der Waals surface area contributed by atoms with Crippen LogP contribution in [0.2, 0.25) is 0 Å².